The molecule has 0 fully saturated rings. The molecule has 1 aliphatic heterocycles. The molecule has 0 aromatic heterocycles. The Kier molecular flexibility index (Phi) is 4.60. The summed E-state index contributed by atoms with van der Waals surface area (Å²) in [4.78, 5) is 12.5. The van der Waals surface area contributed by atoms with Crippen LogP contribution in [0.3, 0.4) is 0 Å². The van der Waals surface area contributed by atoms with E-state index in [0.29, 0.717) is 22.6 Å². The van der Waals surface area contributed by atoms with E-state index >= 15 is 0 Å². The topological polar surface area (TPSA) is 88.1 Å². The number of ether oxygens (including phenoxy) is 3. The van der Waals surface area contributed by atoms with Crippen LogP contribution in [0.2, 0.25) is 0 Å². The number of benzene rings is 2. The SMILES string of the molecule is COc1ccc(C=C2Oc3cc(OS(C)(=O)=O)ccc3C2=O)cc1OC. The third kappa shape index (κ3) is 3.65. The first-order chi connectivity index (χ1) is 12.3. The van der Waals surface area contributed by atoms with Gasteiger partial charge in [-0.3, -0.25) is 4.79 Å². The number of methoxy groups -OCH3 is 2. The van der Waals surface area contributed by atoms with Gasteiger partial charge >= 0.3 is 10.1 Å². The van der Waals surface area contributed by atoms with E-state index in [1.165, 1.54) is 32.4 Å². The van der Waals surface area contributed by atoms with Gasteiger partial charge in [0.25, 0.3) is 0 Å². The molecule has 7 nitrogen and oxygen atoms in total. The van der Waals surface area contributed by atoms with E-state index in [0.717, 1.165) is 6.26 Å². The van der Waals surface area contributed by atoms with Crippen LogP contribution in [0.25, 0.3) is 6.08 Å². The van der Waals surface area contributed by atoms with E-state index in [-0.39, 0.29) is 23.0 Å². The predicted molar refractivity (Wildman–Crippen MR) is 94.4 cm³/mol. The second-order valence-electron chi connectivity index (χ2n) is 5.50. The van der Waals surface area contributed by atoms with Gasteiger partial charge in [-0.25, -0.2) is 0 Å². The van der Waals surface area contributed by atoms with E-state index in [9.17, 15) is 13.2 Å². The quantitative estimate of drug-likeness (QED) is 0.585. The highest BCUT2D eigenvalue weighted by Crippen LogP contribution is 2.36. The lowest BCUT2D eigenvalue weighted by atomic mass is 10.1. The maximum absolute atomic E-state index is 12.5. The molecule has 0 atom stereocenters. The minimum Gasteiger partial charge on any atom is -0.493 e. The summed E-state index contributed by atoms with van der Waals surface area (Å²) in [6, 6.07) is 9.42. The molecule has 2 aromatic rings. The normalized spacial score (nSPS) is 14.7. The predicted octanol–water partition coefficient (Wildman–Crippen LogP) is 2.66. The molecule has 0 bridgehead atoms. The molecule has 136 valence electrons. The van der Waals surface area contributed by atoms with Gasteiger partial charge in [0.2, 0.25) is 5.78 Å². The molecule has 8 heteroatoms. The van der Waals surface area contributed by atoms with Crippen LogP contribution in [-0.4, -0.2) is 34.7 Å². The smallest absolute Gasteiger partial charge is 0.306 e. The summed E-state index contributed by atoms with van der Waals surface area (Å²) in [7, 11) is -0.612. The fourth-order valence-electron chi connectivity index (χ4n) is 2.49. The van der Waals surface area contributed by atoms with E-state index in [1.54, 1.807) is 24.3 Å². The molecule has 2 aromatic carbocycles. The van der Waals surface area contributed by atoms with Crippen LogP contribution in [0.15, 0.2) is 42.2 Å². The second kappa shape index (κ2) is 6.72. The summed E-state index contributed by atoms with van der Waals surface area (Å²) in [6.07, 6.45) is 2.51. The number of allylic oxidation sites excluding steroid dienone is 1. The molecule has 0 saturated carbocycles. The Morgan fingerprint density at radius 2 is 1.73 bits per heavy atom. The minimum atomic E-state index is -3.67. The van der Waals surface area contributed by atoms with Crippen LogP contribution in [0, 0.1) is 0 Å². The second-order valence-corrected chi connectivity index (χ2v) is 7.07. The Morgan fingerprint density at radius 1 is 1.00 bits per heavy atom. The van der Waals surface area contributed by atoms with Gasteiger partial charge in [-0.15, -0.1) is 0 Å². The number of fused-ring (bicyclic) bond motifs is 1. The number of rotatable bonds is 5. The number of hydrogen-bond donors (Lipinski definition) is 0. The van der Waals surface area contributed by atoms with E-state index in [4.69, 9.17) is 18.4 Å². The monoisotopic (exact) mass is 376 g/mol. The number of Topliss-reactive ketones (excluding diaryl/α,β-unsaturated/α-hetero) is 1. The molecule has 3 rings (SSSR count). The third-order valence-corrected chi connectivity index (χ3v) is 4.09. The fraction of sp³-hybridized carbons (Fsp3) is 0.167. The standard InChI is InChI=1S/C18H16O7S/c1-22-14-7-4-11(8-16(14)23-2)9-17-18(19)13-6-5-12(10-15(13)24-17)25-26(3,20)21/h4-10H,1-3H3. The molecule has 0 radical (unpaired) electrons. The van der Waals surface area contributed by atoms with Gasteiger partial charge in [-0.05, 0) is 35.9 Å². The van der Waals surface area contributed by atoms with Crippen molar-refractivity contribution < 1.29 is 31.6 Å². The maximum atomic E-state index is 12.5. The summed E-state index contributed by atoms with van der Waals surface area (Å²) < 4.78 is 43.2. The molecule has 0 amide bonds. The van der Waals surface area contributed by atoms with Gasteiger partial charge in [-0.2, -0.15) is 8.42 Å². The molecule has 26 heavy (non-hydrogen) atoms. The van der Waals surface area contributed by atoms with Crippen molar-refractivity contribution in [2.45, 2.75) is 0 Å². The molecule has 1 aliphatic rings. The van der Waals surface area contributed by atoms with E-state index in [1.807, 2.05) is 0 Å². The molecule has 0 N–H and O–H groups in total. The highest BCUT2D eigenvalue weighted by molar-refractivity contribution is 7.86. The van der Waals surface area contributed by atoms with Gasteiger partial charge in [0.15, 0.2) is 17.3 Å². The average Bonchev–Trinajstić information content (AvgIpc) is 2.88. The number of ketones is 1. The molecule has 1 heterocycles. The Labute approximate surface area is 150 Å². The first-order valence-corrected chi connectivity index (χ1v) is 9.32. The van der Waals surface area contributed by atoms with E-state index in [2.05, 4.69) is 0 Å². The molecular weight excluding hydrogens is 360 g/mol. The summed E-state index contributed by atoms with van der Waals surface area (Å²) in [5, 5.41) is 0. The number of carbonyl (C=O) groups is 1. The summed E-state index contributed by atoms with van der Waals surface area (Å²) in [5.41, 5.74) is 1.02. The zero-order valence-electron chi connectivity index (χ0n) is 14.3. The lowest BCUT2D eigenvalue weighted by Crippen LogP contribution is -2.05. The zero-order chi connectivity index (χ0) is 18.9. The Hall–Kier alpha value is -3.00. The molecule has 0 unspecified atom stereocenters. The highest BCUT2D eigenvalue weighted by atomic mass is 32.2. The van der Waals surface area contributed by atoms with Crippen molar-refractivity contribution >= 4 is 22.0 Å². The van der Waals surface area contributed by atoms with Crippen molar-refractivity contribution in [3.8, 4) is 23.0 Å². The van der Waals surface area contributed by atoms with Crippen molar-refractivity contribution in [2.24, 2.45) is 0 Å². The van der Waals surface area contributed by atoms with Crippen molar-refractivity contribution in [1.82, 2.24) is 0 Å². The lowest BCUT2D eigenvalue weighted by Gasteiger charge is -2.08. The lowest BCUT2D eigenvalue weighted by molar-refractivity contribution is 0.101. The molecule has 0 spiro atoms. The van der Waals surface area contributed by atoms with Gasteiger partial charge in [0.1, 0.15) is 11.5 Å². The van der Waals surface area contributed by atoms with Crippen LogP contribution in [0.5, 0.6) is 23.0 Å². The van der Waals surface area contributed by atoms with Crippen molar-refractivity contribution in [2.75, 3.05) is 20.5 Å². The van der Waals surface area contributed by atoms with Gasteiger partial charge in [-0.1, -0.05) is 6.07 Å². The van der Waals surface area contributed by atoms with Crippen molar-refractivity contribution in [3.63, 3.8) is 0 Å². The summed E-state index contributed by atoms with van der Waals surface area (Å²) in [5.74, 6) is 1.21. The third-order valence-electron chi connectivity index (χ3n) is 3.59. The van der Waals surface area contributed by atoms with Crippen molar-refractivity contribution in [1.29, 1.82) is 0 Å². The molecular formula is C18H16O7S. The largest absolute Gasteiger partial charge is 0.493 e. The van der Waals surface area contributed by atoms with Crippen LogP contribution in [0.1, 0.15) is 15.9 Å². The van der Waals surface area contributed by atoms with Gasteiger partial charge in [0.05, 0.1) is 26.0 Å². The Balaban J connectivity index is 1.91. The average molecular weight is 376 g/mol. The van der Waals surface area contributed by atoms with Crippen LogP contribution in [0.4, 0.5) is 0 Å². The maximum Gasteiger partial charge on any atom is 0.306 e. The van der Waals surface area contributed by atoms with E-state index < -0.39 is 10.1 Å². The van der Waals surface area contributed by atoms with Crippen LogP contribution < -0.4 is 18.4 Å². The van der Waals surface area contributed by atoms with Crippen LogP contribution in [-0.2, 0) is 10.1 Å². The number of hydrogen-bond acceptors (Lipinski definition) is 7. The minimum absolute atomic E-state index is 0.0754. The summed E-state index contributed by atoms with van der Waals surface area (Å²) in [6.45, 7) is 0. The van der Waals surface area contributed by atoms with Crippen molar-refractivity contribution in [3.05, 3.63) is 53.3 Å². The molecule has 0 saturated heterocycles. The molecule has 0 aliphatic carbocycles. The summed E-state index contributed by atoms with van der Waals surface area (Å²) >= 11 is 0. The Morgan fingerprint density at radius 3 is 2.38 bits per heavy atom. The van der Waals surface area contributed by atoms with Crippen LogP contribution >= 0.6 is 0 Å². The van der Waals surface area contributed by atoms with Gasteiger partial charge < -0.3 is 18.4 Å². The Bertz CT molecular complexity index is 1010. The number of carbonyl (C=O) groups excluding carboxylic acids is 1. The fourth-order valence-corrected chi connectivity index (χ4v) is 2.94. The zero-order valence-corrected chi connectivity index (χ0v) is 15.1. The van der Waals surface area contributed by atoms with Gasteiger partial charge in [0, 0.05) is 6.07 Å². The first kappa shape index (κ1) is 17.8. The first-order valence-electron chi connectivity index (χ1n) is 7.50. The highest BCUT2D eigenvalue weighted by Gasteiger charge is 2.28.